The molecule has 3 rings (SSSR count). The summed E-state index contributed by atoms with van der Waals surface area (Å²) >= 11 is 11.7. The number of nitrogens with one attached hydrogen (secondary N) is 1. The lowest BCUT2D eigenvalue weighted by molar-refractivity contribution is -0.114. The molecular weight excluding hydrogens is 478 g/mol. The zero-order valence-corrected chi connectivity index (χ0v) is 19.4. The highest BCUT2D eigenvalue weighted by molar-refractivity contribution is 7.93. The molecule has 0 aliphatic carbocycles. The van der Waals surface area contributed by atoms with Gasteiger partial charge in [-0.05, 0) is 67.1 Å². The molecule has 0 saturated carbocycles. The van der Waals surface area contributed by atoms with Gasteiger partial charge in [0.2, 0.25) is 5.91 Å². The predicted octanol–water partition coefficient (Wildman–Crippen LogP) is 5.28. The molecule has 168 valence electrons. The number of rotatable bonds is 7. The first-order valence-electron chi connectivity index (χ1n) is 9.29. The Kier molecular flexibility index (Phi) is 7.28. The van der Waals surface area contributed by atoms with Crippen LogP contribution in [-0.4, -0.2) is 28.0 Å². The molecule has 1 N–H and O–H groups in total. The summed E-state index contributed by atoms with van der Waals surface area (Å²) in [5.74, 6) is -1.15. The van der Waals surface area contributed by atoms with Crippen molar-refractivity contribution in [2.45, 2.75) is 11.8 Å². The van der Waals surface area contributed by atoms with Gasteiger partial charge in [-0.1, -0.05) is 29.3 Å². The summed E-state index contributed by atoms with van der Waals surface area (Å²) in [6.45, 7) is 1.19. The number of carbonyl (C=O) groups is 1. The number of benzene rings is 3. The SMILES string of the molecule is COc1ccc(C)cc1S(=O)(=O)N(CC(=O)Nc1ccc(F)c(Cl)c1)c1ccc(Cl)cc1. The highest BCUT2D eigenvalue weighted by atomic mass is 35.5. The first kappa shape index (κ1) is 23.8. The van der Waals surface area contributed by atoms with Crippen molar-refractivity contribution < 1.29 is 22.3 Å². The molecule has 0 bridgehead atoms. The predicted molar refractivity (Wildman–Crippen MR) is 124 cm³/mol. The number of sulfonamides is 1. The molecule has 1 amide bonds. The van der Waals surface area contributed by atoms with E-state index >= 15 is 0 Å². The first-order valence-corrected chi connectivity index (χ1v) is 11.5. The van der Waals surface area contributed by atoms with Crippen molar-refractivity contribution in [1.29, 1.82) is 0 Å². The number of amides is 1. The van der Waals surface area contributed by atoms with E-state index in [1.54, 1.807) is 19.1 Å². The van der Waals surface area contributed by atoms with Crippen LogP contribution in [0.15, 0.2) is 65.6 Å². The first-order chi connectivity index (χ1) is 15.1. The number of halogens is 3. The van der Waals surface area contributed by atoms with Crippen molar-refractivity contribution in [3.05, 3.63) is 82.1 Å². The van der Waals surface area contributed by atoms with Crippen molar-refractivity contribution in [2.75, 3.05) is 23.3 Å². The van der Waals surface area contributed by atoms with E-state index in [0.717, 1.165) is 10.4 Å². The fraction of sp³-hybridized carbons (Fsp3) is 0.136. The van der Waals surface area contributed by atoms with Gasteiger partial charge in [-0.2, -0.15) is 0 Å². The van der Waals surface area contributed by atoms with Crippen LogP contribution in [0.3, 0.4) is 0 Å². The zero-order chi connectivity index (χ0) is 23.5. The number of nitrogens with zero attached hydrogens (tertiary/aromatic N) is 1. The van der Waals surface area contributed by atoms with Crippen LogP contribution in [0.5, 0.6) is 5.75 Å². The molecule has 0 fully saturated rings. The van der Waals surface area contributed by atoms with Crippen LogP contribution in [0.25, 0.3) is 0 Å². The second-order valence-corrected chi connectivity index (χ2v) is 9.49. The maximum absolute atomic E-state index is 13.6. The van der Waals surface area contributed by atoms with E-state index in [4.69, 9.17) is 27.9 Å². The number of aryl methyl sites for hydroxylation is 1. The number of methoxy groups -OCH3 is 1. The van der Waals surface area contributed by atoms with Crippen LogP contribution in [0.2, 0.25) is 10.0 Å². The monoisotopic (exact) mass is 496 g/mol. The van der Waals surface area contributed by atoms with Crippen LogP contribution in [-0.2, 0) is 14.8 Å². The quantitative estimate of drug-likeness (QED) is 0.482. The summed E-state index contributed by atoms with van der Waals surface area (Å²) in [4.78, 5) is 12.7. The minimum atomic E-state index is -4.22. The summed E-state index contributed by atoms with van der Waals surface area (Å²) in [5.41, 5.74) is 1.15. The summed E-state index contributed by atoms with van der Waals surface area (Å²) in [6.07, 6.45) is 0. The van der Waals surface area contributed by atoms with Gasteiger partial charge < -0.3 is 10.1 Å². The van der Waals surface area contributed by atoms with Gasteiger partial charge in [0.05, 0.1) is 17.8 Å². The molecular formula is C22H19Cl2FN2O4S. The van der Waals surface area contributed by atoms with Crippen LogP contribution in [0.4, 0.5) is 15.8 Å². The highest BCUT2D eigenvalue weighted by Gasteiger charge is 2.30. The van der Waals surface area contributed by atoms with Crippen molar-refractivity contribution in [2.24, 2.45) is 0 Å². The molecule has 0 aliphatic heterocycles. The molecule has 3 aromatic carbocycles. The fourth-order valence-electron chi connectivity index (χ4n) is 2.93. The Hall–Kier alpha value is -2.81. The van der Waals surface area contributed by atoms with E-state index in [1.807, 2.05) is 0 Å². The third-order valence-electron chi connectivity index (χ3n) is 4.49. The fourth-order valence-corrected chi connectivity index (χ4v) is 4.90. The highest BCUT2D eigenvalue weighted by Crippen LogP contribution is 2.31. The lowest BCUT2D eigenvalue weighted by Crippen LogP contribution is -2.38. The lowest BCUT2D eigenvalue weighted by Gasteiger charge is -2.25. The molecule has 3 aromatic rings. The number of carbonyl (C=O) groups excluding carboxylic acids is 1. The van der Waals surface area contributed by atoms with E-state index in [-0.39, 0.29) is 27.0 Å². The third-order valence-corrected chi connectivity index (χ3v) is 6.83. The van der Waals surface area contributed by atoms with Gasteiger partial charge in [-0.15, -0.1) is 0 Å². The van der Waals surface area contributed by atoms with Gasteiger partial charge in [-0.25, -0.2) is 12.8 Å². The van der Waals surface area contributed by atoms with Crippen molar-refractivity contribution in [1.82, 2.24) is 0 Å². The van der Waals surface area contributed by atoms with Crippen LogP contribution in [0.1, 0.15) is 5.56 Å². The molecule has 0 saturated heterocycles. The van der Waals surface area contributed by atoms with Crippen LogP contribution < -0.4 is 14.4 Å². The minimum absolute atomic E-state index is 0.0902. The molecule has 0 aliphatic rings. The van der Waals surface area contributed by atoms with Gasteiger partial charge in [0, 0.05) is 10.7 Å². The van der Waals surface area contributed by atoms with Crippen molar-refractivity contribution in [3.8, 4) is 5.75 Å². The van der Waals surface area contributed by atoms with Gasteiger partial charge in [0.15, 0.2) is 0 Å². The largest absolute Gasteiger partial charge is 0.495 e. The normalized spacial score (nSPS) is 11.2. The molecule has 0 radical (unpaired) electrons. The van der Waals surface area contributed by atoms with Crippen molar-refractivity contribution >= 4 is 50.5 Å². The Bertz CT molecular complexity index is 1250. The van der Waals surface area contributed by atoms with Crippen LogP contribution in [0, 0.1) is 12.7 Å². The molecule has 0 spiro atoms. The topological polar surface area (TPSA) is 75.7 Å². The Labute approximate surface area is 195 Å². The van der Waals surface area contributed by atoms with E-state index in [0.29, 0.717) is 10.6 Å². The summed E-state index contributed by atoms with van der Waals surface area (Å²) in [5, 5.41) is 2.77. The number of hydrogen-bond donors (Lipinski definition) is 1. The molecule has 0 aromatic heterocycles. The molecule has 10 heteroatoms. The average molecular weight is 497 g/mol. The zero-order valence-electron chi connectivity index (χ0n) is 17.1. The second kappa shape index (κ2) is 9.77. The summed E-state index contributed by atoms with van der Waals surface area (Å²) < 4.78 is 46.8. The average Bonchev–Trinajstić information content (AvgIpc) is 2.75. The van der Waals surface area contributed by atoms with Gasteiger partial charge in [0.1, 0.15) is 23.0 Å². The Morgan fingerprint density at radius 3 is 2.38 bits per heavy atom. The maximum Gasteiger partial charge on any atom is 0.268 e. The smallest absolute Gasteiger partial charge is 0.268 e. The molecule has 0 heterocycles. The summed E-state index contributed by atoms with van der Waals surface area (Å²) in [7, 11) is -2.85. The molecule has 0 unspecified atom stereocenters. The van der Waals surface area contributed by atoms with E-state index < -0.39 is 28.3 Å². The Morgan fingerprint density at radius 2 is 1.75 bits per heavy atom. The van der Waals surface area contributed by atoms with E-state index in [1.165, 1.54) is 49.6 Å². The Morgan fingerprint density at radius 1 is 1.06 bits per heavy atom. The lowest BCUT2D eigenvalue weighted by atomic mass is 10.2. The molecule has 32 heavy (non-hydrogen) atoms. The number of hydrogen-bond acceptors (Lipinski definition) is 4. The second-order valence-electron chi connectivity index (χ2n) is 6.82. The van der Waals surface area contributed by atoms with E-state index in [9.17, 15) is 17.6 Å². The van der Waals surface area contributed by atoms with Gasteiger partial charge >= 0.3 is 0 Å². The Balaban J connectivity index is 2.00. The standard InChI is InChI=1S/C22H19Cl2FN2O4S/c1-14-3-10-20(31-2)21(11-14)32(29,30)27(17-7-4-15(23)5-8-17)13-22(28)26-16-6-9-19(25)18(24)12-16/h3-12H,13H2,1-2H3,(H,26,28). The van der Waals surface area contributed by atoms with E-state index in [2.05, 4.69) is 5.32 Å². The van der Waals surface area contributed by atoms with Crippen LogP contribution >= 0.6 is 23.2 Å². The third kappa shape index (κ3) is 5.32. The van der Waals surface area contributed by atoms with Gasteiger partial charge in [-0.3, -0.25) is 9.10 Å². The summed E-state index contributed by atoms with van der Waals surface area (Å²) in [6, 6.07) is 14.4. The van der Waals surface area contributed by atoms with Gasteiger partial charge in [0.25, 0.3) is 10.0 Å². The van der Waals surface area contributed by atoms with Crippen molar-refractivity contribution in [3.63, 3.8) is 0 Å². The minimum Gasteiger partial charge on any atom is -0.495 e. The number of ether oxygens (including phenoxy) is 1. The molecule has 0 atom stereocenters. The molecule has 6 nitrogen and oxygen atoms in total. The maximum atomic E-state index is 13.6. The number of anilines is 2.